The Hall–Kier alpha value is -1.26. The summed E-state index contributed by atoms with van der Waals surface area (Å²) in [6.45, 7) is 0.548. The third-order valence-electron chi connectivity index (χ3n) is 1.89. The standard InChI is InChI=1S/C10H16N2O2/c1-14-10-4-2-9(3-5-10)12-6-8(11)7-13/h2-5,8,12-13H,6-7,11H2,1H3. The van der Waals surface area contributed by atoms with E-state index >= 15 is 0 Å². The van der Waals surface area contributed by atoms with Crippen molar-refractivity contribution in [3.63, 3.8) is 0 Å². The SMILES string of the molecule is COc1ccc(NCC(N)CO)cc1. The number of anilines is 1. The highest BCUT2D eigenvalue weighted by molar-refractivity contribution is 5.46. The first-order valence-corrected chi connectivity index (χ1v) is 4.50. The fraction of sp³-hybridized carbons (Fsp3) is 0.400. The van der Waals surface area contributed by atoms with Crippen LogP contribution < -0.4 is 15.8 Å². The molecule has 4 nitrogen and oxygen atoms in total. The van der Waals surface area contributed by atoms with Gasteiger partial charge in [-0.2, -0.15) is 0 Å². The van der Waals surface area contributed by atoms with Crippen molar-refractivity contribution in [3.05, 3.63) is 24.3 Å². The van der Waals surface area contributed by atoms with Crippen molar-refractivity contribution < 1.29 is 9.84 Å². The van der Waals surface area contributed by atoms with Crippen LogP contribution in [0.3, 0.4) is 0 Å². The Kier molecular flexibility index (Phi) is 4.22. The van der Waals surface area contributed by atoms with Crippen LogP contribution in [0.5, 0.6) is 5.75 Å². The largest absolute Gasteiger partial charge is 0.497 e. The zero-order chi connectivity index (χ0) is 10.4. The molecule has 1 aromatic carbocycles. The third-order valence-corrected chi connectivity index (χ3v) is 1.89. The van der Waals surface area contributed by atoms with Crippen LogP contribution in [-0.4, -0.2) is 31.4 Å². The lowest BCUT2D eigenvalue weighted by Crippen LogP contribution is -2.32. The Morgan fingerprint density at radius 1 is 1.43 bits per heavy atom. The molecule has 0 amide bonds. The number of aliphatic hydroxyl groups is 1. The minimum atomic E-state index is -0.225. The van der Waals surface area contributed by atoms with Gasteiger partial charge >= 0.3 is 0 Å². The van der Waals surface area contributed by atoms with E-state index in [0.29, 0.717) is 6.54 Å². The second-order valence-corrected chi connectivity index (χ2v) is 3.05. The van der Waals surface area contributed by atoms with E-state index in [1.165, 1.54) is 0 Å². The summed E-state index contributed by atoms with van der Waals surface area (Å²) in [5.41, 5.74) is 6.51. The smallest absolute Gasteiger partial charge is 0.119 e. The van der Waals surface area contributed by atoms with Crippen molar-refractivity contribution in [1.29, 1.82) is 0 Å². The molecule has 78 valence electrons. The van der Waals surface area contributed by atoms with Crippen molar-refractivity contribution in [2.75, 3.05) is 25.6 Å². The van der Waals surface area contributed by atoms with E-state index in [9.17, 15) is 0 Å². The summed E-state index contributed by atoms with van der Waals surface area (Å²) < 4.78 is 5.02. The molecule has 1 unspecified atom stereocenters. The summed E-state index contributed by atoms with van der Waals surface area (Å²) in [5, 5.41) is 11.8. The molecule has 0 aliphatic heterocycles. The predicted molar refractivity (Wildman–Crippen MR) is 56.5 cm³/mol. The van der Waals surface area contributed by atoms with E-state index in [1.54, 1.807) is 7.11 Å². The van der Waals surface area contributed by atoms with Crippen molar-refractivity contribution >= 4 is 5.69 Å². The van der Waals surface area contributed by atoms with Gasteiger partial charge in [-0.05, 0) is 24.3 Å². The molecule has 1 rings (SSSR count). The second kappa shape index (κ2) is 5.47. The van der Waals surface area contributed by atoms with Gasteiger partial charge in [0.05, 0.1) is 13.7 Å². The van der Waals surface area contributed by atoms with Crippen molar-refractivity contribution in [2.45, 2.75) is 6.04 Å². The Morgan fingerprint density at radius 2 is 2.07 bits per heavy atom. The van der Waals surface area contributed by atoms with Crippen LogP contribution >= 0.6 is 0 Å². The second-order valence-electron chi connectivity index (χ2n) is 3.05. The first-order chi connectivity index (χ1) is 6.76. The molecule has 0 heterocycles. The van der Waals surface area contributed by atoms with Crippen LogP contribution in [-0.2, 0) is 0 Å². The lowest BCUT2D eigenvalue weighted by Gasteiger charge is -2.11. The molecule has 0 fully saturated rings. The summed E-state index contributed by atoms with van der Waals surface area (Å²) in [4.78, 5) is 0. The summed E-state index contributed by atoms with van der Waals surface area (Å²) >= 11 is 0. The van der Waals surface area contributed by atoms with Gasteiger partial charge in [0.1, 0.15) is 5.75 Å². The molecule has 0 aliphatic rings. The number of hydrogen-bond donors (Lipinski definition) is 3. The lowest BCUT2D eigenvalue weighted by molar-refractivity contribution is 0.270. The molecule has 0 aromatic heterocycles. The first kappa shape index (κ1) is 10.8. The van der Waals surface area contributed by atoms with Gasteiger partial charge in [-0.1, -0.05) is 0 Å². The van der Waals surface area contributed by atoms with Crippen LogP contribution in [0.1, 0.15) is 0 Å². The van der Waals surface area contributed by atoms with Crippen LogP contribution in [0.15, 0.2) is 24.3 Å². The normalized spacial score (nSPS) is 12.2. The average molecular weight is 196 g/mol. The van der Waals surface area contributed by atoms with Crippen LogP contribution in [0.4, 0.5) is 5.69 Å². The number of benzene rings is 1. The molecule has 0 saturated carbocycles. The molecule has 1 aromatic rings. The average Bonchev–Trinajstić information content (AvgIpc) is 2.26. The molecule has 1 atom stereocenters. The number of nitrogens with two attached hydrogens (primary N) is 1. The van der Waals surface area contributed by atoms with Crippen LogP contribution in [0, 0.1) is 0 Å². The maximum atomic E-state index is 8.71. The molecule has 14 heavy (non-hydrogen) atoms. The molecule has 0 radical (unpaired) electrons. The zero-order valence-electron chi connectivity index (χ0n) is 8.23. The Labute approximate surface area is 83.7 Å². The van der Waals surface area contributed by atoms with E-state index in [1.807, 2.05) is 24.3 Å². The molecule has 0 aliphatic carbocycles. The fourth-order valence-electron chi connectivity index (χ4n) is 1.02. The minimum absolute atomic E-state index is 0.0108. The van der Waals surface area contributed by atoms with Gasteiger partial charge in [-0.15, -0.1) is 0 Å². The highest BCUT2D eigenvalue weighted by atomic mass is 16.5. The summed E-state index contributed by atoms with van der Waals surface area (Å²) in [7, 11) is 1.63. The topological polar surface area (TPSA) is 67.5 Å². The lowest BCUT2D eigenvalue weighted by atomic mass is 10.2. The fourth-order valence-corrected chi connectivity index (χ4v) is 1.02. The van der Waals surface area contributed by atoms with Gasteiger partial charge < -0.3 is 20.9 Å². The third kappa shape index (κ3) is 3.24. The van der Waals surface area contributed by atoms with Gasteiger partial charge in [0, 0.05) is 18.3 Å². The number of methoxy groups -OCH3 is 1. The van der Waals surface area contributed by atoms with Gasteiger partial charge in [0.25, 0.3) is 0 Å². The Morgan fingerprint density at radius 3 is 2.57 bits per heavy atom. The highest BCUT2D eigenvalue weighted by Gasteiger charge is 1.99. The van der Waals surface area contributed by atoms with Crippen LogP contribution in [0.25, 0.3) is 0 Å². The maximum absolute atomic E-state index is 8.71. The molecular weight excluding hydrogens is 180 g/mol. The number of ether oxygens (including phenoxy) is 1. The summed E-state index contributed by atoms with van der Waals surface area (Å²) in [6, 6.07) is 7.32. The molecular formula is C10H16N2O2. The van der Waals surface area contributed by atoms with Crippen molar-refractivity contribution in [3.8, 4) is 5.75 Å². The Balaban J connectivity index is 2.43. The minimum Gasteiger partial charge on any atom is -0.497 e. The van der Waals surface area contributed by atoms with E-state index in [4.69, 9.17) is 15.6 Å². The molecule has 0 bridgehead atoms. The number of rotatable bonds is 5. The maximum Gasteiger partial charge on any atom is 0.119 e. The van der Waals surface area contributed by atoms with Gasteiger partial charge in [0.15, 0.2) is 0 Å². The quantitative estimate of drug-likeness (QED) is 0.638. The number of aliphatic hydroxyl groups excluding tert-OH is 1. The number of hydrogen-bond acceptors (Lipinski definition) is 4. The molecule has 0 spiro atoms. The predicted octanol–water partition coefficient (Wildman–Crippen LogP) is 0.427. The first-order valence-electron chi connectivity index (χ1n) is 4.50. The summed E-state index contributed by atoms with van der Waals surface area (Å²) in [5.74, 6) is 0.821. The van der Waals surface area contributed by atoms with E-state index in [2.05, 4.69) is 5.32 Å². The Bertz CT molecular complexity index is 261. The van der Waals surface area contributed by atoms with E-state index in [-0.39, 0.29) is 12.6 Å². The molecule has 4 heteroatoms. The van der Waals surface area contributed by atoms with Crippen molar-refractivity contribution in [1.82, 2.24) is 0 Å². The van der Waals surface area contributed by atoms with Crippen molar-refractivity contribution in [2.24, 2.45) is 5.73 Å². The van der Waals surface area contributed by atoms with Gasteiger partial charge in [0.2, 0.25) is 0 Å². The molecule has 0 saturated heterocycles. The zero-order valence-corrected chi connectivity index (χ0v) is 8.23. The van der Waals surface area contributed by atoms with Gasteiger partial charge in [-0.3, -0.25) is 0 Å². The van der Waals surface area contributed by atoms with E-state index in [0.717, 1.165) is 11.4 Å². The van der Waals surface area contributed by atoms with Gasteiger partial charge in [-0.25, -0.2) is 0 Å². The van der Waals surface area contributed by atoms with E-state index < -0.39 is 0 Å². The monoisotopic (exact) mass is 196 g/mol. The van der Waals surface area contributed by atoms with Crippen LogP contribution in [0.2, 0.25) is 0 Å². The molecule has 4 N–H and O–H groups in total. The summed E-state index contributed by atoms with van der Waals surface area (Å²) in [6.07, 6.45) is 0. The highest BCUT2D eigenvalue weighted by Crippen LogP contribution is 2.14. The number of nitrogens with one attached hydrogen (secondary N) is 1.